The maximum atomic E-state index is 12.3. The van der Waals surface area contributed by atoms with Crippen LogP contribution in [0.15, 0.2) is 42.6 Å². The van der Waals surface area contributed by atoms with Gasteiger partial charge in [-0.15, -0.1) is 0 Å². The summed E-state index contributed by atoms with van der Waals surface area (Å²) in [6, 6.07) is 9.79. The minimum Gasteiger partial charge on any atom is -0.497 e. The van der Waals surface area contributed by atoms with E-state index in [4.69, 9.17) is 16.3 Å². The van der Waals surface area contributed by atoms with Gasteiger partial charge in [-0.25, -0.2) is 4.98 Å². The number of anilines is 2. The van der Waals surface area contributed by atoms with Crippen LogP contribution in [0.3, 0.4) is 0 Å². The van der Waals surface area contributed by atoms with Crippen molar-refractivity contribution in [2.45, 2.75) is 13.0 Å². The van der Waals surface area contributed by atoms with E-state index in [1.165, 1.54) is 6.20 Å². The van der Waals surface area contributed by atoms with Gasteiger partial charge in [0.15, 0.2) is 0 Å². The van der Waals surface area contributed by atoms with E-state index in [1.807, 2.05) is 0 Å². The van der Waals surface area contributed by atoms with Crippen LogP contribution in [0.25, 0.3) is 0 Å². The molecule has 2 rings (SSSR count). The van der Waals surface area contributed by atoms with Crippen molar-refractivity contribution in [1.29, 1.82) is 0 Å². The number of carbonyl (C=O) groups is 2. The van der Waals surface area contributed by atoms with Gasteiger partial charge < -0.3 is 15.4 Å². The molecule has 1 heterocycles. The van der Waals surface area contributed by atoms with Gasteiger partial charge in [-0.2, -0.15) is 0 Å². The standard InChI is InChI=1S/C18H21ClN4O3/c1-12(18(25)22-16-8-7-13(19)10-20-16)23(2)11-17(24)21-14-5-4-6-15(9-14)26-3/h4-10,12H,11H2,1-3H3,(H,21,24)(H,20,22,25)/t12-/m0/s1. The number of benzene rings is 1. The molecule has 0 bridgehead atoms. The average molecular weight is 377 g/mol. The van der Waals surface area contributed by atoms with Crippen molar-refractivity contribution in [3.63, 3.8) is 0 Å². The van der Waals surface area contributed by atoms with Crippen LogP contribution in [0.2, 0.25) is 5.02 Å². The van der Waals surface area contributed by atoms with E-state index < -0.39 is 6.04 Å². The molecule has 0 aliphatic rings. The summed E-state index contributed by atoms with van der Waals surface area (Å²) in [5.41, 5.74) is 0.630. The summed E-state index contributed by atoms with van der Waals surface area (Å²) >= 11 is 5.77. The van der Waals surface area contributed by atoms with Gasteiger partial charge in [0.25, 0.3) is 0 Å². The van der Waals surface area contributed by atoms with Gasteiger partial charge in [0.2, 0.25) is 11.8 Å². The highest BCUT2D eigenvalue weighted by molar-refractivity contribution is 6.30. The van der Waals surface area contributed by atoms with Crippen LogP contribution < -0.4 is 15.4 Å². The summed E-state index contributed by atoms with van der Waals surface area (Å²) in [4.78, 5) is 30.1. The zero-order valence-electron chi connectivity index (χ0n) is 14.8. The first-order valence-corrected chi connectivity index (χ1v) is 8.33. The van der Waals surface area contributed by atoms with Crippen LogP contribution in [0, 0.1) is 0 Å². The summed E-state index contributed by atoms with van der Waals surface area (Å²) in [6.07, 6.45) is 1.45. The van der Waals surface area contributed by atoms with Crippen molar-refractivity contribution in [1.82, 2.24) is 9.88 Å². The fourth-order valence-corrected chi connectivity index (χ4v) is 2.26. The fraction of sp³-hybridized carbons (Fsp3) is 0.278. The lowest BCUT2D eigenvalue weighted by Gasteiger charge is -2.23. The van der Waals surface area contributed by atoms with Gasteiger partial charge >= 0.3 is 0 Å². The van der Waals surface area contributed by atoms with E-state index >= 15 is 0 Å². The van der Waals surface area contributed by atoms with Crippen LogP contribution in [0.1, 0.15) is 6.92 Å². The van der Waals surface area contributed by atoms with Crippen LogP contribution in [-0.2, 0) is 9.59 Å². The van der Waals surface area contributed by atoms with Gasteiger partial charge in [-0.05, 0) is 38.2 Å². The van der Waals surface area contributed by atoms with Gasteiger partial charge in [-0.1, -0.05) is 17.7 Å². The highest BCUT2D eigenvalue weighted by atomic mass is 35.5. The number of ether oxygens (including phenoxy) is 1. The number of aromatic nitrogens is 1. The van der Waals surface area contributed by atoms with Crippen molar-refractivity contribution < 1.29 is 14.3 Å². The third-order valence-electron chi connectivity index (χ3n) is 3.77. The Kier molecular flexibility index (Phi) is 6.94. The smallest absolute Gasteiger partial charge is 0.242 e. The summed E-state index contributed by atoms with van der Waals surface area (Å²) < 4.78 is 5.12. The molecule has 1 aromatic carbocycles. The average Bonchev–Trinajstić information content (AvgIpc) is 2.62. The van der Waals surface area contributed by atoms with Crippen molar-refractivity contribution in [3.05, 3.63) is 47.6 Å². The second kappa shape index (κ2) is 9.17. The molecular formula is C18H21ClN4O3. The van der Waals surface area contributed by atoms with Gasteiger partial charge in [0.1, 0.15) is 11.6 Å². The van der Waals surface area contributed by atoms with E-state index in [-0.39, 0.29) is 18.4 Å². The number of halogens is 1. The molecule has 0 aliphatic carbocycles. The molecule has 0 saturated carbocycles. The van der Waals surface area contributed by atoms with Crippen LogP contribution in [0.4, 0.5) is 11.5 Å². The quantitative estimate of drug-likeness (QED) is 0.776. The molecule has 7 nitrogen and oxygen atoms in total. The van der Waals surface area contributed by atoms with E-state index in [1.54, 1.807) is 62.4 Å². The Labute approximate surface area is 157 Å². The monoisotopic (exact) mass is 376 g/mol. The zero-order valence-corrected chi connectivity index (χ0v) is 15.6. The molecule has 1 atom stereocenters. The predicted molar refractivity (Wildman–Crippen MR) is 102 cm³/mol. The molecule has 138 valence electrons. The predicted octanol–water partition coefficient (Wildman–Crippen LogP) is 2.64. The number of nitrogens with zero attached hydrogens (tertiary/aromatic N) is 2. The SMILES string of the molecule is COc1cccc(NC(=O)CN(C)[C@@H](C)C(=O)Nc2ccc(Cl)cn2)c1. The van der Waals surface area contributed by atoms with Crippen LogP contribution in [-0.4, -0.2) is 48.4 Å². The maximum Gasteiger partial charge on any atom is 0.242 e. The second-order valence-corrected chi connectivity index (χ2v) is 6.16. The number of carbonyl (C=O) groups excluding carboxylic acids is 2. The summed E-state index contributed by atoms with van der Waals surface area (Å²) in [7, 11) is 3.26. The van der Waals surface area contributed by atoms with E-state index in [9.17, 15) is 9.59 Å². The largest absolute Gasteiger partial charge is 0.497 e. The summed E-state index contributed by atoms with van der Waals surface area (Å²) in [5, 5.41) is 5.96. The normalized spacial score (nSPS) is 11.7. The minimum absolute atomic E-state index is 0.0554. The third kappa shape index (κ3) is 5.72. The highest BCUT2D eigenvalue weighted by Crippen LogP contribution is 2.16. The maximum absolute atomic E-state index is 12.3. The van der Waals surface area contributed by atoms with E-state index in [0.29, 0.717) is 22.3 Å². The number of likely N-dealkylation sites (N-methyl/N-ethyl adjacent to an activating group) is 1. The van der Waals surface area contributed by atoms with Crippen LogP contribution in [0.5, 0.6) is 5.75 Å². The Morgan fingerprint density at radius 2 is 2.04 bits per heavy atom. The third-order valence-corrected chi connectivity index (χ3v) is 3.99. The molecule has 8 heteroatoms. The number of hydrogen-bond donors (Lipinski definition) is 2. The number of pyridine rings is 1. The van der Waals surface area contributed by atoms with Gasteiger partial charge in [0.05, 0.1) is 24.7 Å². The fourth-order valence-electron chi connectivity index (χ4n) is 2.15. The van der Waals surface area contributed by atoms with Crippen molar-refractivity contribution in [2.75, 3.05) is 31.3 Å². The second-order valence-electron chi connectivity index (χ2n) is 5.72. The number of nitrogens with one attached hydrogen (secondary N) is 2. The summed E-state index contributed by atoms with van der Waals surface area (Å²) in [5.74, 6) is 0.557. The Balaban J connectivity index is 1.88. The molecule has 0 spiro atoms. The zero-order chi connectivity index (χ0) is 19.1. The summed E-state index contributed by atoms with van der Waals surface area (Å²) in [6.45, 7) is 1.77. The van der Waals surface area contributed by atoms with E-state index in [0.717, 1.165) is 0 Å². The lowest BCUT2D eigenvalue weighted by Crippen LogP contribution is -2.43. The Bertz CT molecular complexity index is 767. The minimum atomic E-state index is -0.525. The Morgan fingerprint density at radius 1 is 1.27 bits per heavy atom. The number of amides is 2. The van der Waals surface area contributed by atoms with Crippen LogP contribution >= 0.6 is 11.6 Å². The molecule has 2 aromatic rings. The molecule has 0 unspecified atom stereocenters. The molecule has 0 radical (unpaired) electrons. The molecular weight excluding hydrogens is 356 g/mol. The lowest BCUT2D eigenvalue weighted by atomic mass is 10.2. The molecule has 2 N–H and O–H groups in total. The van der Waals surface area contributed by atoms with Crippen molar-refractivity contribution in [3.8, 4) is 5.75 Å². The number of rotatable bonds is 7. The van der Waals surface area contributed by atoms with Crippen molar-refractivity contribution >= 4 is 34.9 Å². The first-order valence-electron chi connectivity index (χ1n) is 7.95. The van der Waals surface area contributed by atoms with Gasteiger partial charge in [0, 0.05) is 18.0 Å². The topological polar surface area (TPSA) is 83.6 Å². The van der Waals surface area contributed by atoms with E-state index in [2.05, 4.69) is 15.6 Å². The number of hydrogen-bond acceptors (Lipinski definition) is 5. The Morgan fingerprint density at radius 3 is 2.69 bits per heavy atom. The molecule has 0 aliphatic heterocycles. The Hall–Kier alpha value is -2.64. The molecule has 26 heavy (non-hydrogen) atoms. The molecule has 0 fully saturated rings. The molecule has 1 aromatic heterocycles. The lowest BCUT2D eigenvalue weighted by molar-refractivity contribution is -0.122. The number of methoxy groups -OCH3 is 1. The first-order chi connectivity index (χ1) is 12.4. The highest BCUT2D eigenvalue weighted by Gasteiger charge is 2.20. The van der Waals surface area contributed by atoms with Gasteiger partial charge in [-0.3, -0.25) is 14.5 Å². The first kappa shape index (κ1) is 19.7. The molecule has 0 saturated heterocycles. The van der Waals surface area contributed by atoms with Crippen molar-refractivity contribution in [2.24, 2.45) is 0 Å². The molecule has 2 amide bonds.